The number of rotatable bonds is 5. The molecule has 2 atom stereocenters. The summed E-state index contributed by atoms with van der Waals surface area (Å²) in [6, 6.07) is 14.2. The summed E-state index contributed by atoms with van der Waals surface area (Å²) >= 11 is 0. The highest BCUT2D eigenvalue weighted by molar-refractivity contribution is 5.94. The van der Waals surface area contributed by atoms with E-state index < -0.39 is 0 Å². The van der Waals surface area contributed by atoms with Crippen LogP contribution in [0.4, 0.5) is 4.39 Å². The Morgan fingerprint density at radius 1 is 1.00 bits per heavy atom. The minimum atomic E-state index is -0.224. The van der Waals surface area contributed by atoms with Crippen LogP contribution in [0.3, 0.4) is 0 Å². The van der Waals surface area contributed by atoms with E-state index in [1.807, 2.05) is 43.0 Å². The van der Waals surface area contributed by atoms with E-state index in [0.29, 0.717) is 31.7 Å². The molecule has 2 aromatic rings. The van der Waals surface area contributed by atoms with E-state index in [9.17, 15) is 9.18 Å². The topological polar surface area (TPSA) is 41.6 Å². The van der Waals surface area contributed by atoms with E-state index in [1.165, 1.54) is 12.1 Å². The Balaban J connectivity index is 1.52. The molecule has 26 heavy (non-hydrogen) atoms. The summed E-state index contributed by atoms with van der Waals surface area (Å²) < 4.78 is 18.6. The Morgan fingerprint density at radius 2 is 1.50 bits per heavy atom. The molecule has 1 aliphatic rings. The summed E-state index contributed by atoms with van der Waals surface area (Å²) in [6.07, 6.45) is 0.135. The third-order valence-corrected chi connectivity index (χ3v) is 4.48. The fourth-order valence-corrected chi connectivity index (χ4v) is 3.24. The van der Waals surface area contributed by atoms with E-state index in [4.69, 9.17) is 4.74 Å². The van der Waals surface area contributed by atoms with Gasteiger partial charge in [0, 0.05) is 31.7 Å². The Morgan fingerprint density at radius 3 is 2.04 bits per heavy atom. The molecule has 0 aliphatic carbocycles. The number of ether oxygens (including phenoxy) is 1. The van der Waals surface area contributed by atoms with Gasteiger partial charge in [0.1, 0.15) is 5.82 Å². The normalized spacial score (nSPS) is 20.2. The standard InChI is InChI=1S/C21H25FN2O2/c1-15-13-24(14-16(2)26-15)21(25)19-7-3-17(4-8-19)11-23-12-18-5-9-20(22)10-6-18/h3-10,15-16,23H,11-14H2,1-2H3/t15-,16-/m0/s1. The zero-order valence-corrected chi connectivity index (χ0v) is 15.2. The van der Waals surface area contributed by atoms with Gasteiger partial charge in [-0.2, -0.15) is 0 Å². The Kier molecular flexibility index (Phi) is 6.01. The second-order valence-electron chi connectivity index (χ2n) is 6.89. The van der Waals surface area contributed by atoms with Crippen LogP contribution in [0.1, 0.15) is 35.3 Å². The molecule has 0 aromatic heterocycles. The maximum absolute atomic E-state index is 12.9. The summed E-state index contributed by atoms with van der Waals surface area (Å²) in [5, 5.41) is 3.33. The molecule has 1 aliphatic heterocycles. The van der Waals surface area contributed by atoms with Gasteiger partial charge in [0.15, 0.2) is 0 Å². The number of hydrogen-bond donors (Lipinski definition) is 1. The summed E-state index contributed by atoms with van der Waals surface area (Å²) in [4.78, 5) is 14.5. The van der Waals surface area contributed by atoms with Crippen molar-refractivity contribution in [2.24, 2.45) is 0 Å². The number of nitrogens with one attached hydrogen (secondary N) is 1. The molecule has 1 heterocycles. The summed E-state index contributed by atoms with van der Waals surface area (Å²) in [5.74, 6) is -0.170. The van der Waals surface area contributed by atoms with Gasteiger partial charge in [-0.05, 0) is 49.2 Å². The van der Waals surface area contributed by atoms with E-state index in [1.54, 1.807) is 12.1 Å². The number of carbonyl (C=O) groups excluding carboxylic acids is 1. The minimum absolute atomic E-state index is 0.0535. The van der Waals surface area contributed by atoms with Crippen molar-refractivity contribution < 1.29 is 13.9 Å². The van der Waals surface area contributed by atoms with Crippen molar-refractivity contribution in [2.75, 3.05) is 13.1 Å². The van der Waals surface area contributed by atoms with Crippen molar-refractivity contribution in [1.82, 2.24) is 10.2 Å². The molecule has 1 saturated heterocycles. The second kappa shape index (κ2) is 8.43. The molecule has 0 spiro atoms. The van der Waals surface area contributed by atoms with Gasteiger partial charge in [0.05, 0.1) is 12.2 Å². The van der Waals surface area contributed by atoms with Crippen LogP contribution < -0.4 is 5.32 Å². The van der Waals surface area contributed by atoms with Crippen LogP contribution in [0, 0.1) is 5.82 Å². The second-order valence-corrected chi connectivity index (χ2v) is 6.89. The lowest BCUT2D eigenvalue weighted by atomic mass is 10.1. The number of benzene rings is 2. The van der Waals surface area contributed by atoms with Gasteiger partial charge in [0.2, 0.25) is 0 Å². The Bertz CT molecular complexity index is 721. The molecule has 1 amide bonds. The van der Waals surface area contributed by atoms with E-state index in [2.05, 4.69) is 5.32 Å². The predicted octanol–water partition coefficient (Wildman–Crippen LogP) is 3.36. The third-order valence-electron chi connectivity index (χ3n) is 4.48. The average Bonchev–Trinajstić information content (AvgIpc) is 2.62. The largest absolute Gasteiger partial charge is 0.372 e. The SMILES string of the molecule is C[C@H]1CN(C(=O)c2ccc(CNCc3ccc(F)cc3)cc2)C[C@H](C)O1. The van der Waals surface area contributed by atoms with Crippen LogP contribution >= 0.6 is 0 Å². The number of halogens is 1. The maximum atomic E-state index is 12.9. The van der Waals surface area contributed by atoms with Crippen molar-refractivity contribution in [3.8, 4) is 0 Å². The van der Waals surface area contributed by atoms with Crippen LogP contribution in [0.2, 0.25) is 0 Å². The quantitative estimate of drug-likeness (QED) is 0.893. The zero-order chi connectivity index (χ0) is 18.5. The smallest absolute Gasteiger partial charge is 0.254 e. The molecule has 1 N–H and O–H groups in total. The molecule has 2 aromatic carbocycles. The van der Waals surface area contributed by atoms with Crippen molar-refractivity contribution in [1.29, 1.82) is 0 Å². The molecule has 3 rings (SSSR count). The third kappa shape index (κ3) is 4.90. The molecule has 5 heteroatoms. The first-order valence-electron chi connectivity index (χ1n) is 9.00. The first-order valence-corrected chi connectivity index (χ1v) is 9.00. The van der Waals surface area contributed by atoms with Gasteiger partial charge in [0.25, 0.3) is 5.91 Å². The number of carbonyl (C=O) groups is 1. The monoisotopic (exact) mass is 356 g/mol. The summed E-state index contributed by atoms with van der Waals surface area (Å²) in [7, 11) is 0. The van der Waals surface area contributed by atoms with Crippen molar-refractivity contribution in [3.63, 3.8) is 0 Å². The predicted molar refractivity (Wildman–Crippen MR) is 99.3 cm³/mol. The lowest BCUT2D eigenvalue weighted by Crippen LogP contribution is -2.48. The molecule has 1 fully saturated rings. The molecule has 0 saturated carbocycles. The molecule has 0 unspecified atom stereocenters. The van der Waals surface area contributed by atoms with E-state index >= 15 is 0 Å². The molecule has 4 nitrogen and oxygen atoms in total. The minimum Gasteiger partial charge on any atom is -0.372 e. The Hall–Kier alpha value is -2.24. The lowest BCUT2D eigenvalue weighted by Gasteiger charge is -2.35. The Labute approximate surface area is 154 Å². The van der Waals surface area contributed by atoms with E-state index in [0.717, 1.165) is 11.1 Å². The number of morpholine rings is 1. The highest BCUT2D eigenvalue weighted by atomic mass is 19.1. The first-order chi connectivity index (χ1) is 12.5. The van der Waals surface area contributed by atoms with Crippen LogP contribution in [0.25, 0.3) is 0 Å². The average molecular weight is 356 g/mol. The van der Waals surface area contributed by atoms with Crippen LogP contribution in [0.15, 0.2) is 48.5 Å². The fraction of sp³-hybridized carbons (Fsp3) is 0.381. The van der Waals surface area contributed by atoms with Crippen molar-refractivity contribution in [2.45, 2.75) is 39.1 Å². The summed E-state index contributed by atoms with van der Waals surface area (Å²) in [5.41, 5.74) is 2.84. The van der Waals surface area contributed by atoms with Gasteiger partial charge in [-0.3, -0.25) is 4.79 Å². The number of amides is 1. The zero-order valence-electron chi connectivity index (χ0n) is 15.2. The van der Waals surface area contributed by atoms with Gasteiger partial charge in [-0.1, -0.05) is 24.3 Å². The first kappa shape index (κ1) is 18.5. The lowest BCUT2D eigenvalue weighted by molar-refractivity contribution is -0.0586. The van der Waals surface area contributed by atoms with Gasteiger partial charge in [-0.25, -0.2) is 4.39 Å². The fourth-order valence-electron chi connectivity index (χ4n) is 3.24. The van der Waals surface area contributed by atoms with Crippen LogP contribution in [0.5, 0.6) is 0 Å². The van der Waals surface area contributed by atoms with Gasteiger partial charge < -0.3 is 15.0 Å². The van der Waals surface area contributed by atoms with Crippen molar-refractivity contribution in [3.05, 3.63) is 71.0 Å². The van der Waals surface area contributed by atoms with E-state index in [-0.39, 0.29) is 23.9 Å². The number of hydrogen-bond acceptors (Lipinski definition) is 3. The van der Waals surface area contributed by atoms with Crippen LogP contribution in [-0.2, 0) is 17.8 Å². The molecular weight excluding hydrogens is 331 g/mol. The van der Waals surface area contributed by atoms with Crippen molar-refractivity contribution >= 4 is 5.91 Å². The number of nitrogens with zero attached hydrogens (tertiary/aromatic N) is 1. The molecule has 138 valence electrons. The summed E-state index contributed by atoms with van der Waals surface area (Å²) in [6.45, 7) is 6.61. The molecular formula is C21H25FN2O2. The van der Waals surface area contributed by atoms with Gasteiger partial charge >= 0.3 is 0 Å². The van der Waals surface area contributed by atoms with Crippen LogP contribution in [-0.4, -0.2) is 36.1 Å². The molecule has 0 radical (unpaired) electrons. The highest BCUT2D eigenvalue weighted by Crippen LogP contribution is 2.15. The van der Waals surface area contributed by atoms with Gasteiger partial charge in [-0.15, -0.1) is 0 Å². The highest BCUT2D eigenvalue weighted by Gasteiger charge is 2.26. The maximum Gasteiger partial charge on any atom is 0.254 e. The molecule has 0 bridgehead atoms.